The molecule has 2 heterocycles. The van der Waals surface area contributed by atoms with E-state index in [1.54, 1.807) is 0 Å². The molecule has 0 bridgehead atoms. The van der Waals surface area contributed by atoms with Gasteiger partial charge in [0.15, 0.2) is 0 Å². The Morgan fingerprint density at radius 1 is 1.16 bits per heavy atom. The smallest absolute Gasteiger partial charge is 0.222 e. The van der Waals surface area contributed by atoms with Gasteiger partial charge in [0.05, 0.1) is 12.2 Å². The lowest BCUT2D eigenvalue weighted by atomic mass is 9.89. The molecule has 2 aliphatic heterocycles. The zero-order chi connectivity index (χ0) is 14.3. The molecule has 2 aliphatic rings. The number of rotatable bonds is 1. The van der Waals surface area contributed by atoms with Crippen molar-refractivity contribution in [3.8, 4) is 0 Å². The van der Waals surface area contributed by atoms with Crippen molar-refractivity contribution in [2.45, 2.75) is 52.1 Å². The van der Waals surface area contributed by atoms with Crippen LogP contribution in [-0.4, -0.2) is 61.1 Å². The molecule has 0 aromatic heterocycles. The monoisotopic (exact) mass is 270 g/mol. The molecule has 4 nitrogen and oxygen atoms in total. The van der Waals surface area contributed by atoms with Crippen molar-refractivity contribution in [3.05, 3.63) is 0 Å². The van der Waals surface area contributed by atoms with Gasteiger partial charge in [-0.2, -0.15) is 0 Å². The molecule has 1 amide bonds. The minimum absolute atomic E-state index is 0.0253. The van der Waals surface area contributed by atoms with E-state index in [1.807, 2.05) is 11.8 Å². The normalized spacial score (nSPS) is 22.8. The van der Waals surface area contributed by atoms with E-state index in [1.165, 1.54) is 6.42 Å². The van der Waals surface area contributed by atoms with Crippen LogP contribution in [-0.2, 0) is 9.53 Å². The van der Waals surface area contributed by atoms with Crippen molar-refractivity contribution in [3.63, 3.8) is 0 Å². The predicted molar refractivity (Wildman–Crippen MR) is 78.3 cm³/mol. The van der Waals surface area contributed by atoms with Crippen LogP contribution in [0.25, 0.3) is 0 Å². The Balaban J connectivity index is 0.000000550. The minimum Gasteiger partial charge on any atom is -0.372 e. The number of carbonyl (C=O) groups is 1. The lowest BCUT2D eigenvalue weighted by molar-refractivity contribution is -0.148. The summed E-state index contributed by atoms with van der Waals surface area (Å²) in [6, 6.07) is 0. The van der Waals surface area contributed by atoms with Gasteiger partial charge in [0.2, 0.25) is 5.91 Å². The van der Waals surface area contributed by atoms with Crippen LogP contribution in [0.3, 0.4) is 0 Å². The lowest BCUT2D eigenvalue weighted by Gasteiger charge is -2.46. The fourth-order valence-electron chi connectivity index (χ4n) is 2.72. The molecular weight excluding hydrogens is 240 g/mol. The quantitative estimate of drug-likeness (QED) is 0.732. The number of carbonyl (C=O) groups excluding carboxylic acids is 1. The molecule has 2 rings (SSSR count). The van der Waals surface area contributed by atoms with Gasteiger partial charge in [-0.25, -0.2) is 0 Å². The highest BCUT2D eigenvalue weighted by Crippen LogP contribution is 2.29. The van der Waals surface area contributed by atoms with Gasteiger partial charge in [0, 0.05) is 32.6 Å². The molecule has 19 heavy (non-hydrogen) atoms. The van der Waals surface area contributed by atoms with Crippen LogP contribution in [0.15, 0.2) is 0 Å². The van der Waals surface area contributed by atoms with Crippen molar-refractivity contribution in [1.82, 2.24) is 9.80 Å². The topological polar surface area (TPSA) is 32.8 Å². The van der Waals surface area contributed by atoms with E-state index < -0.39 is 0 Å². The van der Waals surface area contributed by atoms with Gasteiger partial charge in [-0.05, 0) is 19.9 Å². The van der Waals surface area contributed by atoms with E-state index in [2.05, 4.69) is 25.8 Å². The zero-order valence-electron chi connectivity index (χ0n) is 13.1. The Labute approximate surface area is 118 Å². The maximum Gasteiger partial charge on any atom is 0.222 e. The van der Waals surface area contributed by atoms with Crippen LogP contribution < -0.4 is 0 Å². The van der Waals surface area contributed by atoms with Crippen LogP contribution in [0, 0.1) is 0 Å². The summed E-state index contributed by atoms with van der Waals surface area (Å²) in [5.41, 5.74) is 0.0253. The van der Waals surface area contributed by atoms with E-state index in [9.17, 15) is 4.79 Å². The largest absolute Gasteiger partial charge is 0.372 e. The van der Waals surface area contributed by atoms with Crippen molar-refractivity contribution in [1.29, 1.82) is 0 Å². The van der Waals surface area contributed by atoms with E-state index in [4.69, 9.17) is 4.74 Å². The molecule has 1 spiro atoms. The second kappa shape index (κ2) is 7.85. The van der Waals surface area contributed by atoms with E-state index in [-0.39, 0.29) is 11.5 Å². The highest BCUT2D eigenvalue weighted by molar-refractivity contribution is 5.75. The average Bonchev–Trinajstić information content (AvgIpc) is 2.39. The number of ether oxygens (including phenoxy) is 1. The van der Waals surface area contributed by atoms with Crippen molar-refractivity contribution in [2.75, 3.05) is 39.8 Å². The van der Waals surface area contributed by atoms with Crippen molar-refractivity contribution < 1.29 is 9.53 Å². The van der Waals surface area contributed by atoms with Crippen LogP contribution in [0.5, 0.6) is 0 Å². The maximum absolute atomic E-state index is 11.6. The summed E-state index contributed by atoms with van der Waals surface area (Å²) in [5, 5.41) is 0. The molecule has 2 fully saturated rings. The second-order valence-corrected chi connectivity index (χ2v) is 5.71. The number of piperidine rings is 1. The standard InChI is InChI=1S/C12H22N2O2.C3H8/c1-3-11(15)14-6-4-12(5-7-14)10-13(2)8-9-16-12;1-3-2/h3-10H2,1-2H3;3H2,1-2H3. The molecule has 0 unspecified atom stereocenters. The maximum atomic E-state index is 11.6. The Hall–Kier alpha value is -0.610. The molecule has 0 aromatic rings. The Bertz CT molecular complexity index is 273. The highest BCUT2D eigenvalue weighted by Gasteiger charge is 2.39. The molecule has 4 heteroatoms. The number of hydrogen-bond acceptors (Lipinski definition) is 3. The fourth-order valence-corrected chi connectivity index (χ4v) is 2.72. The molecule has 0 aliphatic carbocycles. The van der Waals surface area contributed by atoms with E-state index >= 15 is 0 Å². The van der Waals surface area contributed by atoms with Gasteiger partial charge in [-0.1, -0.05) is 27.2 Å². The number of morpholine rings is 1. The molecule has 112 valence electrons. The summed E-state index contributed by atoms with van der Waals surface area (Å²) < 4.78 is 5.96. The SMILES string of the molecule is CCC.CCC(=O)N1CCC2(CC1)CN(C)CCO2. The number of likely N-dealkylation sites (tertiary alicyclic amines) is 1. The number of nitrogens with zero attached hydrogens (tertiary/aromatic N) is 2. The zero-order valence-corrected chi connectivity index (χ0v) is 13.1. The first kappa shape index (κ1) is 16.4. The van der Waals surface area contributed by atoms with Gasteiger partial charge in [0.1, 0.15) is 0 Å². The average molecular weight is 270 g/mol. The molecule has 0 aromatic carbocycles. The molecular formula is C15H30N2O2. The van der Waals surface area contributed by atoms with Gasteiger partial charge >= 0.3 is 0 Å². The highest BCUT2D eigenvalue weighted by atomic mass is 16.5. The fraction of sp³-hybridized carbons (Fsp3) is 0.933. The number of likely N-dealkylation sites (N-methyl/N-ethyl adjacent to an activating group) is 1. The van der Waals surface area contributed by atoms with Gasteiger partial charge in [0.25, 0.3) is 0 Å². The Morgan fingerprint density at radius 3 is 2.21 bits per heavy atom. The minimum atomic E-state index is 0.0253. The van der Waals surface area contributed by atoms with Crippen LogP contribution >= 0.6 is 0 Å². The molecule has 2 saturated heterocycles. The molecule has 0 N–H and O–H groups in total. The summed E-state index contributed by atoms with van der Waals surface area (Å²) in [6.45, 7) is 10.8. The lowest BCUT2D eigenvalue weighted by Crippen LogP contribution is -2.56. The number of amides is 1. The molecule has 0 atom stereocenters. The summed E-state index contributed by atoms with van der Waals surface area (Å²) in [7, 11) is 2.15. The summed E-state index contributed by atoms with van der Waals surface area (Å²) in [4.78, 5) is 15.9. The van der Waals surface area contributed by atoms with E-state index in [0.717, 1.165) is 45.6 Å². The first-order valence-corrected chi connectivity index (χ1v) is 7.67. The third kappa shape index (κ3) is 4.77. The van der Waals surface area contributed by atoms with Crippen molar-refractivity contribution in [2.24, 2.45) is 0 Å². The molecule has 0 saturated carbocycles. The Morgan fingerprint density at radius 2 is 1.74 bits per heavy atom. The third-order valence-corrected chi connectivity index (χ3v) is 3.77. The van der Waals surface area contributed by atoms with E-state index in [0.29, 0.717) is 6.42 Å². The predicted octanol–water partition coefficient (Wildman–Crippen LogP) is 2.14. The first-order valence-electron chi connectivity index (χ1n) is 7.67. The summed E-state index contributed by atoms with van der Waals surface area (Å²) in [6.07, 6.45) is 3.85. The first-order chi connectivity index (χ1) is 9.06. The van der Waals surface area contributed by atoms with Crippen molar-refractivity contribution >= 4 is 5.91 Å². The van der Waals surface area contributed by atoms with Gasteiger partial charge in [-0.3, -0.25) is 4.79 Å². The van der Waals surface area contributed by atoms with Crippen LogP contribution in [0.4, 0.5) is 0 Å². The Kier molecular flexibility index (Phi) is 6.80. The summed E-state index contributed by atoms with van der Waals surface area (Å²) in [5.74, 6) is 0.277. The third-order valence-electron chi connectivity index (χ3n) is 3.77. The summed E-state index contributed by atoms with van der Waals surface area (Å²) >= 11 is 0. The second-order valence-electron chi connectivity index (χ2n) is 5.71. The van der Waals surface area contributed by atoms with Gasteiger partial charge in [-0.15, -0.1) is 0 Å². The van der Waals surface area contributed by atoms with Crippen LogP contribution in [0.1, 0.15) is 46.5 Å². The molecule has 0 radical (unpaired) electrons. The van der Waals surface area contributed by atoms with Gasteiger partial charge < -0.3 is 14.5 Å². The number of hydrogen-bond donors (Lipinski definition) is 0. The van der Waals surface area contributed by atoms with Crippen LogP contribution in [0.2, 0.25) is 0 Å².